The Balaban J connectivity index is 2.26. The number of likely N-dealkylation sites (tertiary alicyclic amines) is 1. The highest BCUT2D eigenvalue weighted by atomic mass is 32.2. The number of hydrogen-bond acceptors (Lipinski definition) is 10. The van der Waals surface area contributed by atoms with E-state index >= 15 is 0 Å². The Kier molecular flexibility index (Phi) is 19.1. The number of nitrogens with zero attached hydrogens (tertiary/aromatic N) is 1. The van der Waals surface area contributed by atoms with E-state index in [4.69, 9.17) is 5.73 Å². The number of imide groups is 1. The molecule has 1 aliphatic heterocycles. The van der Waals surface area contributed by atoms with Gasteiger partial charge in [0.2, 0.25) is 41.4 Å². The molecular weight excluding hydrogens is 624 g/mol. The summed E-state index contributed by atoms with van der Waals surface area (Å²) in [6, 6.07) is -2.68. The summed E-state index contributed by atoms with van der Waals surface area (Å²) in [7, 11) is 0. The van der Waals surface area contributed by atoms with Crippen LogP contribution in [-0.4, -0.2) is 99.3 Å². The van der Waals surface area contributed by atoms with Crippen molar-refractivity contribution in [2.24, 2.45) is 5.73 Å². The van der Waals surface area contributed by atoms with Crippen LogP contribution in [0.4, 0.5) is 0 Å². The summed E-state index contributed by atoms with van der Waals surface area (Å²) in [4.78, 5) is 97.2. The minimum absolute atomic E-state index is 0.0720. The second kappa shape index (κ2) is 21.6. The summed E-state index contributed by atoms with van der Waals surface area (Å²) in [5.41, 5.74) is 5.10. The molecule has 1 saturated heterocycles. The van der Waals surface area contributed by atoms with Gasteiger partial charge in [-0.05, 0) is 64.9 Å². The Bertz CT molecular complexity index is 1080. The lowest BCUT2D eigenvalue weighted by Crippen LogP contribution is -2.54. The zero-order valence-corrected chi connectivity index (χ0v) is 28.2. The molecule has 0 aliphatic carbocycles. The van der Waals surface area contributed by atoms with Crippen LogP contribution in [-0.2, 0) is 38.4 Å². The number of rotatable bonds is 23. The Morgan fingerprint density at radius 3 is 2.04 bits per heavy atom. The molecule has 0 radical (unpaired) electrons. The van der Waals surface area contributed by atoms with Crippen LogP contribution in [0.1, 0.15) is 85.5 Å². The van der Waals surface area contributed by atoms with Gasteiger partial charge in [0.15, 0.2) is 0 Å². The topological polar surface area (TPSA) is 214 Å². The average molecular weight is 673 g/mol. The molecule has 4 atom stereocenters. The summed E-state index contributed by atoms with van der Waals surface area (Å²) in [6.45, 7) is 6.23. The largest absolute Gasteiger partial charge is 0.370 e. The van der Waals surface area contributed by atoms with Gasteiger partial charge in [-0.3, -0.25) is 38.5 Å². The van der Waals surface area contributed by atoms with Crippen molar-refractivity contribution < 1.29 is 38.4 Å². The fourth-order valence-electron chi connectivity index (χ4n) is 4.18. The predicted molar refractivity (Wildman–Crippen MR) is 173 cm³/mol. The maximum atomic E-state index is 12.5. The number of hydrogen-bond donors (Lipinski definition) is 5. The second-order valence-corrected chi connectivity index (χ2v) is 13.4. The maximum absolute atomic E-state index is 12.5. The predicted octanol–water partition coefficient (Wildman–Crippen LogP) is 0.363. The molecule has 6 N–H and O–H groups in total. The van der Waals surface area contributed by atoms with Gasteiger partial charge in [0.05, 0.1) is 11.1 Å². The van der Waals surface area contributed by atoms with E-state index < -0.39 is 41.1 Å². The van der Waals surface area contributed by atoms with Gasteiger partial charge in [-0.25, -0.2) is 0 Å². The normalized spacial score (nSPS) is 16.4. The van der Waals surface area contributed by atoms with Crippen molar-refractivity contribution in [1.82, 2.24) is 26.2 Å². The van der Waals surface area contributed by atoms with Crippen LogP contribution < -0.4 is 27.0 Å². The summed E-state index contributed by atoms with van der Waals surface area (Å²) in [5.74, 6) is -1.06. The number of nitrogens with one attached hydrogen (secondary N) is 4. The van der Waals surface area contributed by atoms with Crippen molar-refractivity contribution in [3.63, 3.8) is 0 Å². The van der Waals surface area contributed by atoms with Crippen LogP contribution in [0.5, 0.6) is 0 Å². The van der Waals surface area contributed by atoms with E-state index in [-0.39, 0.29) is 55.2 Å². The van der Waals surface area contributed by atoms with Gasteiger partial charge < -0.3 is 31.8 Å². The zero-order chi connectivity index (χ0) is 33.9. The molecule has 16 heteroatoms. The van der Waals surface area contributed by atoms with Crippen molar-refractivity contribution in [2.45, 2.75) is 109 Å². The smallest absolute Gasteiger partial charge is 0.242 e. The summed E-state index contributed by atoms with van der Waals surface area (Å²) in [5, 5.41) is 9.87. The van der Waals surface area contributed by atoms with Crippen LogP contribution in [0.3, 0.4) is 0 Å². The maximum Gasteiger partial charge on any atom is 0.242 e. The highest BCUT2D eigenvalue weighted by Crippen LogP contribution is 2.26. The molecule has 0 aromatic heterocycles. The monoisotopic (exact) mass is 672 g/mol. The van der Waals surface area contributed by atoms with Gasteiger partial charge >= 0.3 is 0 Å². The highest BCUT2D eigenvalue weighted by molar-refractivity contribution is 8.00. The van der Waals surface area contributed by atoms with E-state index in [1.165, 1.54) is 25.6 Å². The minimum Gasteiger partial charge on any atom is -0.370 e. The van der Waals surface area contributed by atoms with Crippen molar-refractivity contribution >= 4 is 70.7 Å². The molecule has 1 aliphatic rings. The van der Waals surface area contributed by atoms with Gasteiger partial charge in [-0.15, -0.1) is 23.5 Å². The number of primary amides is 1. The zero-order valence-electron chi connectivity index (χ0n) is 26.6. The molecule has 45 heavy (non-hydrogen) atoms. The van der Waals surface area contributed by atoms with E-state index in [9.17, 15) is 38.4 Å². The van der Waals surface area contributed by atoms with E-state index in [2.05, 4.69) is 21.3 Å². The highest BCUT2D eigenvalue weighted by Gasteiger charge is 2.38. The number of amides is 7. The Hall–Kier alpha value is -3.14. The average Bonchev–Trinajstić information content (AvgIpc) is 3.23. The van der Waals surface area contributed by atoms with E-state index in [1.807, 2.05) is 0 Å². The van der Waals surface area contributed by atoms with Crippen LogP contribution in [0.25, 0.3) is 0 Å². The lowest BCUT2D eigenvalue weighted by molar-refractivity contribution is -0.138. The van der Waals surface area contributed by atoms with Crippen LogP contribution in [0.2, 0.25) is 0 Å². The first-order valence-corrected chi connectivity index (χ1v) is 17.4. The van der Waals surface area contributed by atoms with Gasteiger partial charge in [-0.2, -0.15) is 0 Å². The molecule has 1 fully saturated rings. The van der Waals surface area contributed by atoms with Crippen molar-refractivity contribution in [3.8, 4) is 0 Å². The SMILES string of the molecule is CC(=O)CCCCCSCNC(=O)[C@H](C)NC(=O)[C@@H](C)NC(=O)[C@H](C)NC(=O)CCCSC1CC(=O)N(CCCC(N)=O)C1=O. The molecule has 7 amide bonds. The standard InChI is InChI=1S/C29H48N6O8S2/c1-18(36)10-6-5-7-14-44-17-31-26(40)19(2)33-28(42)21(4)34-27(41)20(3)32-24(38)12-9-15-45-22-16-25(39)35(29(22)43)13-8-11-23(30)37/h19-22H,5-17H2,1-4H3,(H2,30,37)(H,31,40)(H,32,38)(H,33,42)(H,34,41)/t19-,20-,21+,22?/m0/s1. The first-order valence-electron chi connectivity index (χ1n) is 15.2. The Labute approximate surface area is 273 Å². The van der Waals surface area contributed by atoms with Gasteiger partial charge in [-0.1, -0.05) is 6.42 Å². The number of carbonyl (C=O) groups excluding carboxylic acids is 8. The third-order valence-corrected chi connectivity index (χ3v) is 9.04. The lowest BCUT2D eigenvalue weighted by atomic mass is 10.2. The lowest BCUT2D eigenvalue weighted by Gasteiger charge is -2.20. The molecule has 0 saturated carbocycles. The third kappa shape index (κ3) is 16.7. The molecule has 1 heterocycles. The van der Waals surface area contributed by atoms with Gasteiger partial charge in [0, 0.05) is 32.2 Å². The second-order valence-electron chi connectivity index (χ2n) is 11.0. The number of nitrogens with two attached hydrogens (primary N) is 1. The van der Waals surface area contributed by atoms with Gasteiger partial charge in [0.1, 0.15) is 23.9 Å². The van der Waals surface area contributed by atoms with E-state index in [0.717, 1.165) is 29.9 Å². The van der Waals surface area contributed by atoms with Crippen molar-refractivity contribution in [2.75, 3.05) is 23.9 Å². The van der Waals surface area contributed by atoms with Crippen molar-refractivity contribution in [1.29, 1.82) is 0 Å². The Morgan fingerprint density at radius 2 is 1.42 bits per heavy atom. The summed E-state index contributed by atoms with van der Waals surface area (Å²) < 4.78 is 0. The number of unbranched alkanes of at least 4 members (excludes halogenated alkanes) is 2. The fraction of sp³-hybridized carbons (Fsp3) is 0.724. The molecule has 14 nitrogen and oxygen atoms in total. The van der Waals surface area contributed by atoms with Gasteiger partial charge in [0.25, 0.3) is 0 Å². The quantitative estimate of drug-likeness (QED) is 0.0571. The number of Topliss-reactive ketones (excluding diaryl/α,β-unsaturated/α-hetero) is 1. The summed E-state index contributed by atoms with van der Waals surface area (Å²) >= 11 is 2.84. The first-order chi connectivity index (χ1) is 21.2. The molecule has 0 spiro atoms. The molecule has 254 valence electrons. The molecule has 0 bridgehead atoms. The Morgan fingerprint density at radius 1 is 0.800 bits per heavy atom. The number of carbonyl (C=O) groups is 8. The minimum atomic E-state index is -0.949. The molecular formula is C29H48N6O8S2. The number of ketones is 1. The molecule has 1 unspecified atom stereocenters. The van der Waals surface area contributed by atoms with E-state index in [1.54, 1.807) is 25.6 Å². The van der Waals surface area contributed by atoms with Crippen LogP contribution in [0, 0.1) is 0 Å². The fourth-order valence-corrected chi connectivity index (χ4v) is 6.10. The molecule has 0 aromatic carbocycles. The van der Waals surface area contributed by atoms with Crippen LogP contribution >= 0.6 is 23.5 Å². The third-order valence-electron chi connectivity index (χ3n) is 6.82. The van der Waals surface area contributed by atoms with Crippen molar-refractivity contribution in [3.05, 3.63) is 0 Å². The van der Waals surface area contributed by atoms with Crippen LogP contribution in [0.15, 0.2) is 0 Å². The summed E-state index contributed by atoms with van der Waals surface area (Å²) in [6.07, 6.45) is 4.36. The molecule has 1 rings (SSSR count). The first kappa shape index (κ1) is 39.9. The van der Waals surface area contributed by atoms with E-state index in [0.29, 0.717) is 30.9 Å². The number of thioether (sulfide) groups is 2. The molecule has 0 aromatic rings.